The molecule has 0 radical (unpaired) electrons. The molecule has 0 amide bonds. The van der Waals surface area contributed by atoms with Gasteiger partial charge in [0.2, 0.25) is 0 Å². The van der Waals surface area contributed by atoms with Crippen LogP contribution in [0.1, 0.15) is 17.8 Å². The molecule has 0 saturated heterocycles. The molecule has 1 aliphatic rings. The molecule has 0 spiro atoms. The monoisotopic (exact) mass is 191 g/mol. The maximum Gasteiger partial charge on any atom is 0.0694 e. The average Bonchev–Trinajstić information content (AvgIpc) is 2.51. The van der Waals surface area contributed by atoms with Crippen molar-refractivity contribution in [3.63, 3.8) is 0 Å². The molecular weight excluding hydrogens is 174 g/mol. The fourth-order valence-corrected chi connectivity index (χ4v) is 1.87. The maximum atomic E-state index is 5.43. The van der Waals surface area contributed by atoms with Crippen LogP contribution in [0.4, 0.5) is 0 Å². The number of nitrogens with zero attached hydrogens (tertiary/aromatic N) is 1. The molecule has 0 fully saturated rings. The summed E-state index contributed by atoms with van der Waals surface area (Å²) in [4.78, 5) is 0. The van der Waals surface area contributed by atoms with Gasteiger partial charge >= 0.3 is 0 Å². The van der Waals surface area contributed by atoms with Crippen LogP contribution in [0, 0.1) is 13.8 Å². The van der Waals surface area contributed by atoms with Crippen LogP contribution in [0.2, 0.25) is 0 Å². The summed E-state index contributed by atoms with van der Waals surface area (Å²) in [5.41, 5.74) is 4.06. The average molecular weight is 191 g/mol. The Morgan fingerprint density at radius 3 is 2.57 bits per heavy atom. The zero-order valence-electron chi connectivity index (χ0n) is 8.92. The van der Waals surface area contributed by atoms with Crippen LogP contribution in [0.25, 0.3) is 0 Å². The highest BCUT2D eigenvalue weighted by Crippen LogP contribution is 2.13. The molecule has 0 N–H and O–H groups in total. The Labute approximate surface area is 85.2 Å². The Morgan fingerprint density at radius 2 is 2.00 bits per heavy atom. The van der Waals surface area contributed by atoms with E-state index in [9.17, 15) is 0 Å². The summed E-state index contributed by atoms with van der Waals surface area (Å²) in [6, 6.07) is 4.33. The van der Waals surface area contributed by atoms with E-state index in [1.54, 1.807) is 0 Å². The molecule has 0 aromatic carbocycles. The van der Waals surface area contributed by atoms with Gasteiger partial charge in [0, 0.05) is 17.9 Å². The number of hydrogen-bond donors (Lipinski definition) is 0. The highest BCUT2D eigenvalue weighted by atomic mass is 16.5. The molecule has 0 unspecified atom stereocenters. The maximum absolute atomic E-state index is 5.43. The van der Waals surface area contributed by atoms with Gasteiger partial charge in [-0.05, 0) is 38.0 Å². The largest absolute Gasteiger partial charge is 0.377 e. The number of hydrogen-bond acceptors (Lipinski definition) is 1. The summed E-state index contributed by atoms with van der Waals surface area (Å²) in [6.07, 6.45) is 3.37. The predicted octanol–water partition coefficient (Wildman–Crippen LogP) is 2.45. The molecule has 0 saturated carbocycles. The van der Waals surface area contributed by atoms with Gasteiger partial charge < -0.3 is 9.30 Å². The van der Waals surface area contributed by atoms with E-state index in [0.717, 1.165) is 26.2 Å². The highest BCUT2D eigenvalue weighted by Gasteiger charge is 2.07. The lowest BCUT2D eigenvalue weighted by Gasteiger charge is -2.16. The third kappa shape index (κ3) is 1.90. The third-order valence-corrected chi connectivity index (χ3v) is 2.76. The van der Waals surface area contributed by atoms with E-state index in [-0.39, 0.29) is 0 Å². The normalized spacial score (nSPS) is 16.9. The molecule has 2 rings (SSSR count). The minimum atomic E-state index is 0.803. The fourth-order valence-electron chi connectivity index (χ4n) is 1.87. The van der Waals surface area contributed by atoms with E-state index in [1.165, 1.54) is 17.0 Å². The summed E-state index contributed by atoms with van der Waals surface area (Å²) < 4.78 is 7.76. The van der Waals surface area contributed by atoms with Gasteiger partial charge in [0.1, 0.15) is 0 Å². The van der Waals surface area contributed by atoms with Crippen molar-refractivity contribution in [1.82, 2.24) is 4.57 Å². The summed E-state index contributed by atoms with van der Waals surface area (Å²) in [6.45, 7) is 6.98. The molecule has 2 heterocycles. The van der Waals surface area contributed by atoms with Crippen LogP contribution in [-0.4, -0.2) is 17.8 Å². The van der Waals surface area contributed by atoms with E-state index in [2.05, 4.69) is 36.6 Å². The van der Waals surface area contributed by atoms with Crippen LogP contribution in [0.5, 0.6) is 0 Å². The molecule has 1 aliphatic heterocycles. The van der Waals surface area contributed by atoms with Crippen molar-refractivity contribution >= 4 is 0 Å². The van der Waals surface area contributed by atoms with E-state index < -0.39 is 0 Å². The number of ether oxygens (including phenoxy) is 1. The van der Waals surface area contributed by atoms with Crippen LogP contribution >= 0.6 is 0 Å². The summed E-state index contributed by atoms with van der Waals surface area (Å²) in [7, 11) is 0. The fraction of sp³-hybridized carbons (Fsp3) is 0.500. The van der Waals surface area contributed by atoms with Gasteiger partial charge in [-0.15, -0.1) is 0 Å². The van der Waals surface area contributed by atoms with Crippen molar-refractivity contribution in [3.05, 3.63) is 35.2 Å². The van der Waals surface area contributed by atoms with Crippen LogP contribution in [0.3, 0.4) is 0 Å². The number of aryl methyl sites for hydroxylation is 2. The van der Waals surface area contributed by atoms with E-state index in [1.807, 2.05) is 0 Å². The summed E-state index contributed by atoms with van der Waals surface area (Å²) >= 11 is 0. The lowest BCUT2D eigenvalue weighted by Crippen LogP contribution is -2.13. The molecule has 14 heavy (non-hydrogen) atoms. The second-order valence-electron chi connectivity index (χ2n) is 3.91. The Kier molecular flexibility index (Phi) is 2.73. The first-order valence-corrected chi connectivity index (χ1v) is 5.16. The first kappa shape index (κ1) is 9.53. The van der Waals surface area contributed by atoms with Crippen LogP contribution < -0.4 is 0 Å². The predicted molar refractivity (Wildman–Crippen MR) is 57.4 cm³/mol. The first-order chi connectivity index (χ1) is 6.77. The molecule has 0 aliphatic carbocycles. The van der Waals surface area contributed by atoms with Gasteiger partial charge in [0.05, 0.1) is 13.2 Å². The molecule has 2 heteroatoms. The van der Waals surface area contributed by atoms with Gasteiger partial charge in [-0.1, -0.05) is 6.08 Å². The molecule has 2 nitrogen and oxygen atoms in total. The van der Waals surface area contributed by atoms with Crippen LogP contribution in [-0.2, 0) is 11.3 Å². The Bertz CT molecular complexity index is 330. The minimum Gasteiger partial charge on any atom is -0.377 e. The lowest BCUT2D eigenvalue weighted by atomic mass is 10.2. The topological polar surface area (TPSA) is 14.2 Å². The molecular formula is C12H17NO. The van der Waals surface area contributed by atoms with Gasteiger partial charge in [-0.2, -0.15) is 0 Å². The van der Waals surface area contributed by atoms with Crippen molar-refractivity contribution in [2.45, 2.75) is 26.8 Å². The first-order valence-electron chi connectivity index (χ1n) is 5.16. The Balaban J connectivity index is 2.13. The van der Waals surface area contributed by atoms with Gasteiger partial charge in [-0.25, -0.2) is 0 Å². The standard InChI is InChI=1S/C12H17NO/c1-10-5-6-11(2)13(10)8-12-4-3-7-14-9-12/h4-6H,3,7-9H2,1-2H3. The minimum absolute atomic E-state index is 0.803. The quantitative estimate of drug-likeness (QED) is 0.655. The SMILES string of the molecule is Cc1ccc(C)n1CC1=CCCOC1. The summed E-state index contributed by atoms with van der Waals surface area (Å²) in [5.74, 6) is 0. The van der Waals surface area contributed by atoms with Gasteiger partial charge in [0.15, 0.2) is 0 Å². The van der Waals surface area contributed by atoms with Gasteiger partial charge in [-0.3, -0.25) is 0 Å². The third-order valence-electron chi connectivity index (χ3n) is 2.76. The highest BCUT2D eigenvalue weighted by molar-refractivity contribution is 5.17. The summed E-state index contributed by atoms with van der Waals surface area (Å²) in [5, 5.41) is 0. The van der Waals surface area contributed by atoms with E-state index in [0.29, 0.717) is 0 Å². The second kappa shape index (κ2) is 4.01. The molecule has 1 aromatic rings. The van der Waals surface area contributed by atoms with E-state index >= 15 is 0 Å². The van der Waals surface area contributed by atoms with Crippen molar-refractivity contribution < 1.29 is 4.74 Å². The Hall–Kier alpha value is -1.02. The second-order valence-corrected chi connectivity index (χ2v) is 3.91. The zero-order valence-corrected chi connectivity index (χ0v) is 8.92. The molecule has 0 bridgehead atoms. The number of rotatable bonds is 2. The van der Waals surface area contributed by atoms with Crippen molar-refractivity contribution in [3.8, 4) is 0 Å². The van der Waals surface area contributed by atoms with Crippen molar-refractivity contribution in [2.24, 2.45) is 0 Å². The lowest BCUT2D eigenvalue weighted by molar-refractivity contribution is 0.147. The number of aromatic nitrogens is 1. The van der Waals surface area contributed by atoms with Gasteiger partial charge in [0.25, 0.3) is 0 Å². The smallest absolute Gasteiger partial charge is 0.0694 e. The molecule has 76 valence electrons. The van der Waals surface area contributed by atoms with E-state index in [4.69, 9.17) is 4.74 Å². The van der Waals surface area contributed by atoms with Crippen molar-refractivity contribution in [2.75, 3.05) is 13.2 Å². The van der Waals surface area contributed by atoms with Crippen molar-refractivity contribution in [1.29, 1.82) is 0 Å². The van der Waals surface area contributed by atoms with Crippen LogP contribution in [0.15, 0.2) is 23.8 Å². The zero-order chi connectivity index (χ0) is 9.97. The Morgan fingerprint density at radius 1 is 1.29 bits per heavy atom. The molecule has 1 aromatic heterocycles. The molecule has 0 atom stereocenters.